The number of nitrogens with zero attached hydrogens (tertiary/aromatic N) is 1. The maximum Gasteiger partial charge on any atom is 0.0541 e. The average Bonchev–Trinajstić information content (AvgIpc) is 3.60. The standard InChI is InChI=1S/C40H26N2/c1-2-13-29(14-3-1)42-38-20-9-7-16-31(38)35-24-27(21-22-39(35)42)26-11-10-12-28(23-26)34-25-37-40(32-17-5-4-15-30(32)34)33-18-6-8-19-36(33)41-37/h1-25,41H. The van der Waals surface area contributed by atoms with Crippen molar-refractivity contribution in [1.29, 1.82) is 0 Å². The number of aromatic amines is 1. The number of benzene rings is 7. The summed E-state index contributed by atoms with van der Waals surface area (Å²) >= 11 is 0. The summed E-state index contributed by atoms with van der Waals surface area (Å²) in [6, 6.07) is 54.9. The summed E-state index contributed by atoms with van der Waals surface area (Å²) in [5.74, 6) is 0. The second-order valence-corrected chi connectivity index (χ2v) is 11.1. The normalized spacial score (nSPS) is 11.8. The third-order valence-electron chi connectivity index (χ3n) is 8.70. The molecule has 0 saturated carbocycles. The lowest BCUT2D eigenvalue weighted by Crippen LogP contribution is -1.92. The van der Waals surface area contributed by atoms with Gasteiger partial charge in [-0.1, -0.05) is 103 Å². The monoisotopic (exact) mass is 534 g/mol. The Morgan fingerprint density at radius 1 is 0.381 bits per heavy atom. The molecular formula is C40H26N2. The van der Waals surface area contributed by atoms with Crippen LogP contribution in [0, 0.1) is 0 Å². The molecule has 2 nitrogen and oxygen atoms in total. The van der Waals surface area contributed by atoms with Crippen molar-refractivity contribution in [3.63, 3.8) is 0 Å². The van der Waals surface area contributed by atoms with E-state index < -0.39 is 0 Å². The number of rotatable bonds is 3. The van der Waals surface area contributed by atoms with Gasteiger partial charge in [-0.3, -0.25) is 0 Å². The van der Waals surface area contributed by atoms with E-state index >= 15 is 0 Å². The molecule has 2 heterocycles. The lowest BCUT2D eigenvalue weighted by molar-refractivity contribution is 1.18. The molecule has 0 fully saturated rings. The van der Waals surface area contributed by atoms with Gasteiger partial charge in [0.2, 0.25) is 0 Å². The van der Waals surface area contributed by atoms with Crippen LogP contribution < -0.4 is 0 Å². The van der Waals surface area contributed by atoms with Crippen molar-refractivity contribution in [2.24, 2.45) is 0 Å². The predicted octanol–water partition coefficient (Wildman–Crippen LogP) is 10.9. The maximum absolute atomic E-state index is 3.68. The predicted molar refractivity (Wildman–Crippen MR) is 179 cm³/mol. The van der Waals surface area contributed by atoms with Crippen LogP contribution in [0.5, 0.6) is 0 Å². The first-order valence-electron chi connectivity index (χ1n) is 14.5. The molecule has 9 rings (SSSR count). The Labute approximate surface area is 243 Å². The van der Waals surface area contributed by atoms with E-state index in [1.54, 1.807) is 0 Å². The van der Waals surface area contributed by atoms with Gasteiger partial charge in [0, 0.05) is 38.3 Å². The first-order chi connectivity index (χ1) is 20.8. The number of para-hydroxylation sites is 3. The SMILES string of the molecule is c1ccc(-n2c3ccccc3c3cc(-c4cccc(-c5cc6[nH]c7ccccc7c6c6ccccc56)c4)ccc32)cc1. The van der Waals surface area contributed by atoms with E-state index in [4.69, 9.17) is 0 Å². The summed E-state index contributed by atoms with van der Waals surface area (Å²) in [4.78, 5) is 3.68. The van der Waals surface area contributed by atoms with E-state index in [2.05, 4.69) is 161 Å². The van der Waals surface area contributed by atoms with Gasteiger partial charge in [0.25, 0.3) is 0 Å². The largest absolute Gasteiger partial charge is 0.354 e. The van der Waals surface area contributed by atoms with Gasteiger partial charge in [-0.25, -0.2) is 0 Å². The molecule has 0 amide bonds. The molecule has 196 valence electrons. The van der Waals surface area contributed by atoms with E-state index in [1.165, 1.54) is 82.3 Å². The summed E-state index contributed by atoms with van der Waals surface area (Å²) < 4.78 is 2.37. The number of aromatic nitrogens is 2. The van der Waals surface area contributed by atoms with Crippen LogP contribution in [0.1, 0.15) is 0 Å². The van der Waals surface area contributed by atoms with E-state index in [-0.39, 0.29) is 0 Å². The van der Waals surface area contributed by atoms with Crippen LogP contribution in [0.2, 0.25) is 0 Å². The van der Waals surface area contributed by atoms with E-state index in [9.17, 15) is 0 Å². The minimum atomic E-state index is 1.17. The van der Waals surface area contributed by atoms with Gasteiger partial charge in [0.1, 0.15) is 0 Å². The maximum atomic E-state index is 3.68. The fourth-order valence-electron chi connectivity index (χ4n) is 6.83. The van der Waals surface area contributed by atoms with Gasteiger partial charge < -0.3 is 9.55 Å². The lowest BCUT2D eigenvalue weighted by Gasteiger charge is -2.11. The third kappa shape index (κ3) is 3.39. The highest BCUT2D eigenvalue weighted by Gasteiger charge is 2.15. The Morgan fingerprint density at radius 2 is 1.05 bits per heavy atom. The molecule has 0 aliphatic carbocycles. The summed E-state index contributed by atoms with van der Waals surface area (Å²) in [5.41, 5.74) is 10.9. The Hall–Kier alpha value is -5.60. The Bertz CT molecular complexity index is 2460. The molecule has 0 aliphatic heterocycles. The van der Waals surface area contributed by atoms with Gasteiger partial charge >= 0.3 is 0 Å². The Kier molecular flexibility index (Phi) is 4.93. The van der Waals surface area contributed by atoms with E-state index in [0.29, 0.717) is 0 Å². The third-order valence-corrected chi connectivity index (χ3v) is 8.70. The molecule has 7 aromatic carbocycles. The molecule has 2 heteroatoms. The van der Waals surface area contributed by atoms with Crippen molar-refractivity contribution in [2.75, 3.05) is 0 Å². The summed E-state index contributed by atoms with van der Waals surface area (Å²) in [7, 11) is 0. The molecule has 0 radical (unpaired) electrons. The zero-order chi connectivity index (χ0) is 27.6. The van der Waals surface area contributed by atoms with E-state index in [0.717, 1.165) is 0 Å². The van der Waals surface area contributed by atoms with Crippen LogP contribution in [0.15, 0.2) is 152 Å². The van der Waals surface area contributed by atoms with Crippen LogP contribution in [-0.4, -0.2) is 9.55 Å². The van der Waals surface area contributed by atoms with Crippen molar-refractivity contribution in [3.05, 3.63) is 152 Å². The minimum Gasteiger partial charge on any atom is -0.354 e. The lowest BCUT2D eigenvalue weighted by atomic mass is 9.93. The number of hydrogen-bond donors (Lipinski definition) is 1. The minimum absolute atomic E-state index is 1.17. The smallest absolute Gasteiger partial charge is 0.0541 e. The number of hydrogen-bond acceptors (Lipinski definition) is 0. The van der Waals surface area contributed by atoms with Gasteiger partial charge in [-0.05, 0) is 81.6 Å². The zero-order valence-electron chi connectivity index (χ0n) is 22.9. The number of fused-ring (bicyclic) bond motifs is 8. The summed E-state index contributed by atoms with van der Waals surface area (Å²) in [5, 5.41) is 7.65. The fourth-order valence-corrected chi connectivity index (χ4v) is 6.83. The van der Waals surface area contributed by atoms with E-state index in [1.807, 2.05) is 0 Å². The molecular weight excluding hydrogens is 508 g/mol. The van der Waals surface area contributed by atoms with Gasteiger partial charge in [-0.15, -0.1) is 0 Å². The molecule has 0 unspecified atom stereocenters. The van der Waals surface area contributed by atoms with Crippen molar-refractivity contribution < 1.29 is 0 Å². The van der Waals surface area contributed by atoms with Crippen LogP contribution >= 0.6 is 0 Å². The molecule has 0 spiro atoms. The Morgan fingerprint density at radius 3 is 1.93 bits per heavy atom. The average molecular weight is 535 g/mol. The molecule has 42 heavy (non-hydrogen) atoms. The molecule has 9 aromatic rings. The number of nitrogens with one attached hydrogen (secondary N) is 1. The van der Waals surface area contributed by atoms with Gasteiger partial charge in [-0.2, -0.15) is 0 Å². The fraction of sp³-hybridized carbons (Fsp3) is 0. The van der Waals surface area contributed by atoms with Crippen LogP contribution in [0.3, 0.4) is 0 Å². The zero-order valence-corrected chi connectivity index (χ0v) is 22.9. The highest BCUT2D eigenvalue weighted by Crippen LogP contribution is 2.40. The quantitative estimate of drug-likeness (QED) is 0.233. The summed E-state index contributed by atoms with van der Waals surface area (Å²) in [6.07, 6.45) is 0. The molecule has 0 bridgehead atoms. The van der Waals surface area contributed by atoms with Crippen molar-refractivity contribution in [1.82, 2.24) is 9.55 Å². The highest BCUT2D eigenvalue weighted by atomic mass is 15.0. The summed E-state index contributed by atoms with van der Waals surface area (Å²) in [6.45, 7) is 0. The van der Waals surface area contributed by atoms with Crippen LogP contribution in [0.25, 0.3) is 82.3 Å². The number of H-pyrrole nitrogens is 1. The first kappa shape index (κ1) is 23.1. The molecule has 0 saturated heterocycles. The first-order valence-corrected chi connectivity index (χ1v) is 14.5. The van der Waals surface area contributed by atoms with Crippen LogP contribution in [0.4, 0.5) is 0 Å². The second-order valence-electron chi connectivity index (χ2n) is 11.1. The van der Waals surface area contributed by atoms with Crippen LogP contribution in [-0.2, 0) is 0 Å². The van der Waals surface area contributed by atoms with Crippen molar-refractivity contribution >= 4 is 54.4 Å². The molecule has 2 aromatic heterocycles. The molecule has 0 aliphatic rings. The van der Waals surface area contributed by atoms with Gasteiger partial charge in [0.05, 0.1) is 11.0 Å². The van der Waals surface area contributed by atoms with Crippen molar-refractivity contribution in [2.45, 2.75) is 0 Å². The molecule has 1 N–H and O–H groups in total. The molecule has 0 atom stereocenters. The highest BCUT2D eigenvalue weighted by molar-refractivity contribution is 6.23. The van der Waals surface area contributed by atoms with Crippen molar-refractivity contribution in [3.8, 4) is 27.9 Å². The second kappa shape index (κ2) is 8.95. The Balaban J connectivity index is 1.24. The topological polar surface area (TPSA) is 20.7 Å². The van der Waals surface area contributed by atoms with Gasteiger partial charge in [0.15, 0.2) is 0 Å².